The van der Waals surface area contributed by atoms with Gasteiger partial charge in [0.15, 0.2) is 0 Å². The summed E-state index contributed by atoms with van der Waals surface area (Å²) in [6, 6.07) is 13.9. The highest BCUT2D eigenvalue weighted by Gasteiger charge is 2.11. The minimum atomic E-state index is -1.12. The molecule has 0 saturated heterocycles. The van der Waals surface area contributed by atoms with Crippen LogP contribution in [0.25, 0.3) is 10.8 Å². The lowest BCUT2D eigenvalue weighted by molar-refractivity contribution is -0.115. The lowest BCUT2D eigenvalue weighted by Crippen LogP contribution is -2.18. The molecule has 0 spiro atoms. The van der Waals surface area contributed by atoms with E-state index in [9.17, 15) is 13.8 Å². The Bertz CT molecular complexity index is 998. The Morgan fingerprint density at radius 1 is 1.17 bits per heavy atom. The molecule has 0 aliphatic heterocycles. The summed E-state index contributed by atoms with van der Waals surface area (Å²) in [5.74, 6) is -0.265. The van der Waals surface area contributed by atoms with Gasteiger partial charge in [-0.15, -0.1) is 0 Å². The molecule has 2 aromatic carbocycles. The first-order valence-corrected chi connectivity index (χ1v) is 8.80. The van der Waals surface area contributed by atoms with Gasteiger partial charge in [-0.05, 0) is 24.3 Å². The molecule has 0 bridgehead atoms. The van der Waals surface area contributed by atoms with Gasteiger partial charge in [0.2, 0.25) is 5.91 Å². The minimum absolute atomic E-state index is 0.0245. The largest absolute Gasteiger partial charge is 0.326 e. The molecule has 6 nitrogen and oxygen atoms in total. The second kappa shape index (κ2) is 6.76. The highest BCUT2D eigenvalue weighted by atomic mass is 32.2. The van der Waals surface area contributed by atoms with Crippen molar-refractivity contribution in [1.82, 2.24) is 10.2 Å². The molecule has 122 valence electrons. The van der Waals surface area contributed by atoms with E-state index in [1.807, 2.05) is 0 Å². The van der Waals surface area contributed by atoms with Gasteiger partial charge in [0.25, 0.3) is 5.56 Å². The zero-order chi connectivity index (χ0) is 17.1. The first kappa shape index (κ1) is 16.1. The fraction of sp³-hybridized carbons (Fsp3) is 0.118. The highest BCUT2D eigenvalue weighted by molar-refractivity contribution is 7.84. The van der Waals surface area contributed by atoms with Crippen molar-refractivity contribution in [2.75, 3.05) is 11.6 Å². The van der Waals surface area contributed by atoms with Crippen LogP contribution in [-0.2, 0) is 22.0 Å². The molecule has 1 heterocycles. The number of rotatable bonds is 4. The number of aromatic nitrogens is 2. The van der Waals surface area contributed by atoms with Gasteiger partial charge in [0.1, 0.15) is 0 Å². The van der Waals surface area contributed by atoms with E-state index in [0.717, 1.165) is 0 Å². The summed E-state index contributed by atoms with van der Waals surface area (Å²) < 4.78 is 11.5. The zero-order valence-corrected chi connectivity index (χ0v) is 13.7. The Morgan fingerprint density at radius 3 is 2.67 bits per heavy atom. The van der Waals surface area contributed by atoms with Gasteiger partial charge in [-0.1, -0.05) is 24.3 Å². The lowest BCUT2D eigenvalue weighted by Gasteiger charge is -2.07. The normalized spacial score (nSPS) is 12.0. The molecule has 0 fully saturated rings. The highest BCUT2D eigenvalue weighted by Crippen LogP contribution is 2.16. The molecule has 24 heavy (non-hydrogen) atoms. The van der Waals surface area contributed by atoms with E-state index in [1.165, 1.54) is 0 Å². The van der Waals surface area contributed by atoms with Crippen LogP contribution in [0.5, 0.6) is 0 Å². The molecule has 1 unspecified atom stereocenters. The number of carbonyl (C=O) groups is 1. The van der Waals surface area contributed by atoms with Gasteiger partial charge in [-0.25, -0.2) is 5.10 Å². The van der Waals surface area contributed by atoms with Gasteiger partial charge >= 0.3 is 0 Å². The van der Waals surface area contributed by atoms with Crippen LogP contribution in [0.3, 0.4) is 0 Å². The summed E-state index contributed by atoms with van der Waals surface area (Å²) in [7, 11) is -1.12. The van der Waals surface area contributed by atoms with E-state index in [-0.39, 0.29) is 17.9 Å². The Labute approximate surface area is 140 Å². The molecule has 3 rings (SSSR count). The monoisotopic (exact) mass is 341 g/mol. The van der Waals surface area contributed by atoms with Crippen molar-refractivity contribution in [2.45, 2.75) is 11.3 Å². The predicted octanol–water partition coefficient (Wildman–Crippen LogP) is 1.84. The van der Waals surface area contributed by atoms with Crippen LogP contribution in [-0.4, -0.2) is 26.6 Å². The topological polar surface area (TPSA) is 91.9 Å². The van der Waals surface area contributed by atoms with Crippen molar-refractivity contribution in [3.63, 3.8) is 0 Å². The van der Waals surface area contributed by atoms with E-state index in [1.54, 1.807) is 54.8 Å². The standard InChI is InChI=1S/C17H15N3O3S/c1-24(23)12-6-4-5-11(9-12)18-16(21)10-15-13-7-2-3-8-14(13)17(22)20-19-15/h2-9H,10H2,1H3,(H,18,21)(H,20,22). The minimum Gasteiger partial charge on any atom is -0.326 e. The van der Waals surface area contributed by atoms with Crippen molar-refractivity contribution >= 4 is 33.2 Å². The molecule has 3 aromatic rings. The van der Waals surface area contributed by atoms with Gasteiger partial charge in [0, 0.05) is 33.0 Å². The quantitative estimate of drug-likeness (QED) is 0.757. The maximum absolute atomic E-state index is 12.3. The SMILES string of the molecule is CS(=O)c1cccc(NC(=O)Cc2n[nH]c(=O)c3ccccc23)c1. The Kier molecular flexibility index (Phi) is 4.52. The van der Waals surface area contributed by atoms with E-state index in [2.05, 4.69) is 15.5 Å². The van der Waals surface area contributed by atoms with E-state index in [0.29, 0.717) is 27.0 Å². The molecule has 1 aromatic heterocycles. The maximum Gasteiger partial charge on any atom is 0.272 e. The molecule has 1 atom stereocenters. The zero-order valence-electron chi connectivity index (χ0n) is 12.9. The number of nitrogens with one attached hydrogen (secondary N) is 2. The molecular weight excluding hydrogens is 326 g/mol. The van der Waals surface area contributed by atoms with Crippen LogP contribution in [0, 0.1) is 0 Å². The van der Waals surface area contributed by atoms with Crippen molar-refractivity contribution in [1.29, 1.82) is 0 Å². The average molecular weight is 341 g/mol. The van der Waals surface area contributed by atoms with E-state index >= 15 is 0 Å². The van der Waals surface area contributed by atoms with Crippen LogP contribution >= 0.6 is 0 Å². The Morgan fingerprint density at radius 2 is 1.92 bits per heavy atom. The molecule has 0 aliphatic rings. The van der Waals surface area contributed by atoms with Crippen molar-refractivity contribution < 1.29 is 9.00 Å². The summed E-state index contributed by atoms with van der Waals surface area (Å²) in [6.07, 6.45) is 1.61. The molecule has 1 amide bonds. The first-order chi connectivity index (χ1) is 11.5. The number of hydrogen-bond donors (Lipinski definition) is 2. The number of nitrogens with zero attached hydrogens (tertiary/aromatic N) is 1. The molecular formula is C17H15N3O3S. The number of fused-ring (bicyclic) bond motifs is 1. The average Bonchev–Trinajstić information content (AvgIpc) is 2.58. The number of amides is 1. The lowest BCUT2D eigenvalue weighted by atomic mass is 10.1. The van der Waals surface area contributed by atoms with E-state index < -0.39 is 10.8 Å². The Hall–Kier alpha value is -2.80. The summed E-state index contributed by atoms with van der Waals surface area (Å²) in [5.41, 5.74) is 0.784. The molecule has 0 radical (unpaired) electrons. The molecule has 0 saturated carbocycles. The third kappa shape index (κ3) is 3.41. The van der Waals surface area contributed by atoms with Crippen LogP contribution < -0.4 is 10.9 Å². The number of anilines is 1. The molecule has 7 heteroatoms. The van der Waals surface area contributed by atoms with Crippen molar-refractivity contribution in [3.05, 3.63) is 64.6 Å². The summed E-state index contributed by atoms with van der Waals surface area (Å²) >= 11 is 0. The van der Waals surface area contributed by atoms with Crippen molar-refractivity contribution in [3.8, 4) is 0 Å². The van der Waals surface area contributed by atoms with E-state index in [4.69, 9.17) is 0 Å². The summed E-state index contributed by atoms with van der Waals surface area (Å²) in [4.78, 5) is 24.7. The van der Waals surface area contributed by atoms with Crippen LogP contribution in [0.1, 0.15) is 5.69 Å². The number of H-pyrrole nitrogens is 1. The van der Waals surface area contributed by atoms with Gasteiger partial charge in [-0.3, -0.25) is 13.8 Å². The van der Waals surface area contributed by atoms with Gasteiger partial charge < -0.3 is 5.32 Å². The van der Waals surface area contributed by atoms with Crippen LogP contribution in [0.2, 0.25) is 0 Å². The number of benzene rings is 2. The van der Waals surface area contributed by atoms with Crippen LogP contribution in [0.15, 0.2) is 58.2 Å². The maximum atomic E-state index is 12.3. The third-order valence-corrected chi connectivity index (χ3v) is 4.47. The first-order valence-electron chi connectivity index (χ1n) is 7.24. The predicted molar refractivity (Wildman–Crippen MR) is 93.5 cm³/mol. The summed E-state index contributed by atoms with van der Waals surface area (Å²) in [6.45, 7) is 0. The molecule has 0 aliphatic carbocycles. The summed E-state index contributed by atoms with van der Waals surface area (Å²) in [5, 5.41) is 10.3. The Balaban J connectivity index is 1.83. The van der Waals surface area contributed by atoms with Crippen molar-refractivity contribution in [2.24, 2.45) is 0 Å². The van der Waals surface area contributed by atoms with Gasteiger partial charge in [-0.2, -0.15) is 5.10 Å². The number of hydrogen-bond acceptors (Lipinski definition) is 4. The molecule has 2 N–H and O–H groups in total. The third-order valence-electron chi connectivity index (χ3n) is 3.55. The van der Waals surface area contributed by atoms with Crippen LogP contribution in [0.4, 0.5) is 5.69 Å². The number of aromatic amines is 1. The second-order valence-electron chi connectivity index (χ2n) is 5.25. The fourth-order valence-electron chi connectivity index (χ4n) is 2.42. The smallest absolute Gasteiger partial charge is 0.272 e. The second-order valence-corrected chi connectivity index (χ2v) is 6.63. The fourth-order valence-corrected chi connectivity index (χ4v) is 2.98. The van der Waals surface area contributed by atoms with Gasteiger partial charge in [0.05, 0.1) is 17.5 Å². The number of carbonyl (C=O) groups excluding carboxylic acids is 1.